The van der Waals surface area contributed by atoms with Crippen molar-refractivity contribution in [2.24, 2.45) is 4.99 Å². The van der Waals surface area contributed by atoms with Gasteiger partial charge in [0, 0.05) is 5.56 Å². The Kier molecular flexibility index (Phi) is 3.57. The van der Waals surface area contributed by atoms with E-state index in [1.165, 1.54) is 0 Å². The van der Waals surface area contributed by atoms with Crippen LogP contribution in [0.15, 0.2) is 17.1 Å². The number of phenolic OH excluding ortho intramolecular Hbond substituents is 1. The number of benzene rings is 1. The molecule has 3 nitrogen and oxygen atoms in total. The van der Waals surface area contributed by atoms with Crippen LogP contribution in [0.1, 0.15) is 11.1 Å². The number of aliphatic imine (C=N–C) groups is 1. The molecule has 1 aromatic rings. The summed E-state index contributed by atoms with van der Waals surface area (Å²) in [5.74, 6) is -0.520. The van der Waals surface area contributed by atoms with Gasteiger partial charge >= 0.3 is 6.18 Å². The fourth-order valence-corrected chi connectivity index (χ4v) is 1.30. The first-order chi connectivity index (χ1) is 7.36. The molecule has 0 bridgehead atoms. The van der Waals surface area contributed by atoms with Gasteiger partial charge in [0.05, 0.1) is 17.1 Å². The first kappa shape index (κ1) is 12.5. The maximum Gasteiger partial charge on any atom is 0.416 e. The fraction of sp³-hybridized carbons (Fsp3) is 0.222. The Morgan fingerprint density at radius 2 is 2.06 bits per heavy atom. The van der Waals surface area contributed by atoms with Gasteiger partial charge in [0.25, 0.3) is 0 Å². The van der Waals surface area contributed by atoms with Gasteiger partial charge in [0.15, 0.2) is 0 Å². The molecule has 0 amide bonds. The summed E-state index contributed by atoms with van der Waals surface area (Å²) in [5.41, 5.74) is -1.19. The Morgan fingerprint density at radius 1 is 1.44 bits per heavy atom. The van der Waals surface area contributed by atoms with Crippen LogP contribution in [0, 0.1) is 0 Å². The third-order valence-electron chi connectivity index (χ3n) is 1.78. The molecule has 1 N–H and O–H groups in total. The van der Waals surface area contributed by atoms with Gasteiger partial charge in [-0.25, -0.2) is 9.79 Å². The number of nitrogens with zero attached hydrogens (tertiary/aromatic N) is 1. The molecular weight excluding hydrogens is 247 g/mol. The molecule has 0 spiro atoms. The second-order valence-electron chi connectivity index (χ2n) is 2.87. The summed E-state index contributed by atoms with van der Waals surface area (Å²) in [7, 11) is 0. The highest BCUT2D eigenvalue weighted by molar-refractivity contribution is 6.32. The maximum atomic E-state index is 12.4. The number of isocyanates is 1. The molecule has 16 heavy (non-hydrogen) atoms. The van der Waals surface area contributed by atoms with Gasteiger partial charge < -0.3 is 5.11 Å². The summed E-state index contributed by atoms with van der Waals surface area (Å²) in [4.78, 5) is 12.9. The van der Waals surface area contributed by atoms with Gasteiger partial charge in [-0.3, -0.25) is 0 Å². The summed E-state index contributed by atoms with van der Waals surface area (Å²) >= 11 is 5.41. The van der Waals surface area contributed by atoms with E-state index in [-0.39, 0.29) is 5.56 Å². The Balaban J connectivity index is 3.27. The molecule has 0 unspecified atom stereocenters. The molecule has 0 aliphatic rings. The summed E-state index contributed by atoms with van der Waals surface area (Å²) in [5, 5.41) is 8.89. The van der Waals surface area contributed by atoms with Crippen LogP contribution in [0.4, 0.5) is 13.2 Å². The van der Waals surface area contributed by atoms with Crippen molar-refractivity contribution < 1.29 is 23.1 Å². The first-order valence-electron chi connectivity index (χ1n) is 3.98. The molecule has 0 aromatic heterocycles. The Morgan fingerprint density at radius 3 is 2.56 bits per heavy atom. The van der Waals surface area contributed by atoms with Crippen LogP contribution in [0.3, 0.4) is 0 Å². The van der Waals surface area contributed by atoms with E-state index in [0.717, 1.165) is 6.08 Å². The zero-order chi connectivity index (χ0) is 12.3. The third kappa shape index (κ3) is 2.74. The van der Waals surface area contributed by atoms with Crippen LogP contribution in [0.5, 0.6) is 5.75 Å². The van der Waals surface area contributed by atoms with Crippen molar-refractivity contribution in [3.8, 4) is 5.75 Å². The average molecular weight is 252 g/mol. The summed E-state index contributed by atoms with van der Waals surface area (Å²) in [6.07, 6.45) is -3.41. The molecule has 0 aliphatic carbocycles. The highest BCUT2D eigenvalue weighted by Gasteiger charge is 2.32. The molecule has 1 rings (SSSR count). The highest BCUT2D eigenvalue weighted by Crippen LogP contribution is 2.37. The lowest BCUT2D eigenvalue weighted by Crippen LogP contribution is -2.05. The zero-order valence-corrected chi connectivity index (χ0v) is 8.43. The molecule has 0 saturated heterocycles. The van der Waals surface area contributed by atoms with E-state index < -0.39 is 29.1 Å². The van der Waals surface area contributed by atoms with Crippen molar-refractivity contribution >= 4 is 17.7 Å². The number of carbonyl (C=O) groups excluding carboxylic acids is 1. The topological polar surface area (TPSA) is 49.7 Å². The molecule has 0 atom stereocenters. The molecule has 0 saturated carbocycles. The Hall–Kier alpha value is -1.52. The lowest BCUT2D eigenvalue weighted by molar-refractivity contribution is -0.137. The number of hydrogen-bond acceptors (Lipinski definition) is 3. The molecule has 1 aromatic carbocycles. The maximum absolute atomic E-state index is 12.4. The predicted molar refractivity (Wildman–Crippen MR) is 49.9 cm³/mol. The summed E-state index contributed by atoms with van der Waals surface area (Å²) in [6, 6.07) is 1.28. The van der Waals surface area contributed by atoms with Gasteiger partial charge in [-0.15, -0.1) is 0 Å². The zero-order valence-electron chi connectivity index (χ0n) is 7.68. The molecule has 86 valence electrons. The Bertz CT molecular complexity index is 453. The van der Waals surface area contributed by atoms with Crippen molar-refractivity contribution in [1.29, 1.82) is 0 Å². The number of hydrogen-bond donors (Lipinski definition) is 1. The quantitative estimate of drug-likeness (QED) is 0.649. The second kappa shape index (κ2) is 4.55. The number of halogens is 4. The fourth-order valence-electron chi connectivity index (χ4n) is 1.06. The molecule has 7 heteroatoms. The van der Waals surface area contributed by atoms with Gasteiger partial charge in [0.1, 0.15) is 5.75 Å². The smallest absolute Gasteiger partial charge is 0.416 e. The van der Waals surface area contributed by atoms with E-state index in [0.29, 0.717) is 12.1 Å². The van der Waals surface area contributed by atoms with Crippen LogP contribution >= 0.6 is 11.6 Å². The van der Waals surface area contributed by atoms with Crippen LogP contribution in [0.25, 0.3) is 0 Å². The Labute approximate surface area is 93.2 Å². The average Bonchev–Trinajstić information content (AvgIpc) is 2.18. The van der Waals surface area contributed by atoms with E-state index in [9.17, 15) is 23.1 Å². The minimum Gasteiger partial charge on any atom is -0.506 e. The van der Waals surface area contributed by atoms with Crippen LogP contribution in [-0.2, 0) is 17.5 Å². The van der Waals surface area contributed by atoms with E-state index in [1.54, 1.807) is 0 Å². The van der Waals surface area contributed by atoms with Gasteiger partial charge in [0.2, 0.25) is 6.08 Å². The lowest BCUT2D eigenvalue weighted by atomic mass is 10.1. The van der Waals surface area contributed by atoms with Gasteiger partial charge in [-0.05, 0) is 12.1 Å². The van der Waals surface area contributed by atoms with Crippen molar-refractivity contribution in [1.82, 2.24) is 0 Å². The van der Waals surface area contributed by atoms with Crippen LogP contribution < -0.4 is 0 Å². The van der Waals surface area contributed by atoms with Gasteiger partial charge in [-0.1, -0.05) is 11.6 Å². The van der Waals surface area contributed by atoms with Crippen molar-refractivity contribution in [3.63, 3.8) is 0 Å². The number of alkyl halides is 3. The van der Waals surface area contributed by atoms with Crippen molar-refractivity contribution in [2.45, 2.75) is 12.7 Å². The number of aromatic hydroxyl groups is 1. The predicted octanol–water partition coefficient (Wildman–Crippen LogP) is 2.90. The first-order valence-corrected chi connectivity index (χ1v) is 4.36. The SMILES string of the molecule is O=C=NCc1cc(C(F)(F)F)cc(Cl)c1O. The largest absolute Gasteiger partial charge is 0.506 e. The standard InChI is InChI=1S/C9H5ClF3NO2/c10-7-2-6(9(11,12)13)1-5(8(7)16)3-14-4-15/h1-2,16H,3H2. The molecule has 0 aliphatic heterocycles. The van der Waals surface area contributed by atoms with Gasteiger partial charge in [-0.2, -0.15) is 13.2 Å². The minimum absolute atomic E-state index is 0.178. The van der Waals surface area contributed by atoms with Crippen LogP contribution in [-0.4, -0.2) is 11.2 Å². The van der Waals surface area contributed by atoms with E-state index >= 15 is 0 Å². The molecule has 0 heterocycles. The summed E-state index contributed by atoms with van der Waals surface area (Å²) < 4.78 is 37.1. The van der Waals surface area contributed by atoms with E-state index in [1.807, 2.05) is 0 Å². The number of phenols is 1. The van der Waals surface area contributed by atoms with E-state index in [4.69, 9.17) is 11.6 Å². The summed E-state index contributed by atoms with van der Waals surface area (Å²) in [6.45, 7) is -0.404. The van der Waals surface area contributed by atoms with Crippen LogP contribution in [0.2, 0.25) is 5.02 Å². The molecule has 0 fully saturated rings. The third-order valence-corrected chi connectivity index (χ3v) is 2.07. The number of rotatable bonds is 2. The second-order valence-corrected chi connectivity index (χ2v) is 3.28. The monoisotopic (exact) mass is 251 g/mol. The van der Waals surface area contributed by atoms with Crippen molar-refractivity contribution in [2.75, 3.05) is 0 Å². The molecular formula is C9H5ClF3NO2. The van der Waals surface area contributed by atoms with Crippen molar-refractivity contribution in [3.05, 3.63) is 28.3 Å². The lowest BCUT2D eigenvalue weighted by Gasteiger charge is -2.10. The highest BCUT2D eigenvalue weighted by atomic mass is 35.5. The normalized spacial score (nSPS) is 11.0. The minimum atomic E-state index is -4.57. The molecule has 0 radical (unpaired) electrons. The van der Waals surface area contributed by atoms with E-state index in [2.05, 4.69) is 4.99 Å².